The molecule has 1 nitrogen and oxygen atoms in total. The van der Waals surface area contributed by atoms with Gasteiger partial charge in [-0.1, -0.05) is 18.1 Å². The lowest BCUT2D eigenvalue weighted by molar-refractivity contribution is 0.275. The normalized spacial score (nSPS) is 15.2. The number of halogens is 1. The fourth-order valence-electron chi connectivity index (χ4n) is 1.64. The van der Waals surface area contributed by atoms with Gasteiger partial charge in [0.25, 0.3) is 0 Å². The number of rotatable bonds is 2. The van der Waals surface area contributed by atoms with Crippen LogP contribution in [-0.4, -0.2) is 5.11 Å². The summed E-state index contributed by atoms with van der Waals surface area (Å²) in [4.78, 5) is 0. The van der Waals surface area contributed by atoms with Crippen LogP contribution in [0.5, 0.6) is 0 Å². The standard InChI is InChI=1S/C12H11FO/c1-2-10-11(8-3-4-8)6-5-9(7-14)12(10)13/h1,5-6,8,14H,3-4,7H2. The molecule has 0 atom stereocenters. The lowest BCUT2D eigenvalue weighted by atomic mass is 10.00. The van der Waals surface area contributed by atoms with Crippen molar-refractivity contribution in [1.82, 2.24) is 0 Å². The van der Waals surface area contributed by atoms with Crippen molar-refractivity contribution >= 4 is 0 Å². The SMILES string of the molecule is C#Cc1c(C2CC2)ccc(CO)c1F. The van der Waals surface area contributed by atoms with E-state index in [0.717, 1.165) is 18.4 Å². The zero-order valence-electron chi connectivity index (χ0n) is 7.76. The quantitative estimate of drug-likeness (QED) is 0.709. The van der Waals surface area contributed by atoms with Gasteiger partial charge in [0.15, 0.2) is 0 Å². The molecule has 0 heterocycles. The highest BCUT2D eigenvalue weighted by Gasteiger charge is 2.27. The van der Waals surface area contributed by atoms with Gasteiger partial charge in [0.05, 0.1) is 12.2 Å². The minimum absolute atomic E-state index is 0.280. The molecule has 1 aromatic rings. The van der Waals surface area contributed by atoms with Gasteiger partial charge in [0.2, 0.25) is 0 Å². The van der Waals surface area contributed by atoms with Gasteiger partial charge >= 0.3 is 0 Å². The molecule has 0 spiro atoms. The van der Waals surface area contributed by atoms with Gasteiger partial charge in [-0.25, -0.2) is 4.39 Å². The number of aliphatic hydroxyl groups is 1. The van der Waals surface area contributed by atoms with Crippen LogP contribution < -0.4 is 0 Å². The molecule has 0 amide bonds. The molecule has 2 heteroatoms. The average molecular weight is 190 g/mol. The third kappa shape index (κ3) is 1.40. The van der Waals surface area contributed by atoms with E-state index in [0.29, 0.717) is 11.5 Å². The van der Waals surface area contributed by atoms with E-state index in [9.17, 15) is 4.39 Å². The van der Waals surface area contributed by atoms with E-state index in [1.807, 2.05) is 6.07 Å². The van der Waals surface area contributed by atoms with E-state index >= 15 is 0 Å². The van der Waals surface area contributed by atoms with Gasteiger partial charge in [-0.2, -0.15) is 0 Å². The summed E-state index contributed by atoms with van der Waals surface area (Å²) < 4.78 is 13.6. The highest BCUT2D eigenvalue weighted by Crippen LogP contribution is 2.42. The first-order valence-electron chi connectivity index (χ1n) is 4.66. The predicted molar refractivity (Wildman–Crippen MR) is 52.2 cm³/mol. The molecule has 72 valence electrons. The molecule has 0 saturated heterocycles. The third-order valence-electron chi connectivity index (χ3n) is 2.59. The van der Waals surface area contributed by atoms with E-state index in [1.165, 1.54) is 0 Å². The monoisotopic (exact) mass is 190 g/mol. The Hall–Kier alpha value is -1.33. The molecule has 1 aromatic carbocycles. The van der Waals surface area contributed by atoms with Crippen molar-refractivity contribution in [3.8, 4) is 12.3 Å². The number of hydrogen-bond acceptors (Lipinski definition) is 1. The summed E-state index contributed by atoms with van der Waals surface area (Å²) in [6.45, 7) is -0.300. The molecule has 14 heavy (non-hydrogen) atoms. The van der Waals surface area contributed by atoms with Crippen LogP contribution in [0.3, 0.4) is 0 Å². The molecule has 0 aromatic heterocycles. The minimum atomic E-state index is -0.431. The molecular weight excluding hydrogens is 179 g/mol. The van der Waals surface area contributed by atoms with Gasteiger partial charge in [-0.3, -0.25) is 0 Å². The maximum Gasteiger partial charge on any atom is 0.144 e. The highest BCUT2D eigenvalue weighted by atomic mass is 19.1. The molecule has 2 rings (SSSR count). The van der Waals surface area contributed by atoms with Crippen molar-refractivity contribution in [2.45, 2.75) is 25.4 Å². The largest absolute Gasteiger partial charge is 0.392 e. The van der Waals surface area contributed by atoms with Crippen molar-refractivity contribution in [2.75, 3.05) is 0 Å². The predicted octanol–water partition coefficient (Wildman–Crippen LogP) is 2.18. The molecule has 0 aliphatic heterocycles. The maximum atomic E-state index is 13.6. The fraction of sp³-hybridized carbons (Fsp3) is 0.333. The summed E-state index contributed by atoms with van der Waals surface area (Å²) in [5.41, 5.74) is 1.53. The van der Waals surface area contributed by atoms with E-state index in [1.54, 1.807) is 6.07 Å². The first-order valence-corrected chi connectivity index (χ1v) is 4.66. The Kier molecular flexibility index (Phi) is 2.26. The molecule has 1 aliphatic rings. The average Bonchev–Trinajstić information content (AvgIpc) is 3.00. The van der Waals surface area contributed by atoms with Crippen LogP contribution in [0.15, 0.2) is 12.1 Å². The molecule has 1 N–H and O–H groups in total. The maximum absolute atomic E-state index is 13.6. The first-order chi connectivity index (χ1) is 6.77. The first kappa shape index (κ1) is 9.23. The second-order valence-corrected chi connectivity index (χ2v) is 3.58. The summed E-state index contributed by atoms with van der Waals surface area (Å²) in [5, 5.41) is 8.87. The van der Waals surface area contributed by atoms with Gasteiger partial charge in [-0.15, -0.1) is 6.42 Å². The van der Waals surface area contributed by atoms with E-state index in [-0.39, 0.29) is 12.2 Å². The number of aliphatic hydroxyl groups excluding tert-OH is 1. The van der Waals surface area contributed by atoms with E-state index < -0.39 is 5.82 Å². The molecule has 1 fully saturated rings. The van der Waals surface area contributed by atoms with Gasteiger partial charge < -0.3 is 5.11 Å². The zero-order chi connectivity index (χ0) is 10.1. The van der Waals surface area contributed by atoms with Crippen molar-refractivity contribution in [3.05, 3.63) is 34.6 Å². The molecule has 1 saturated carbocycles. The zero-order valence-corrected chi connectivity index (χ0v) is 7.76. The minimum Gasteiger partial charge on any atom is -0.392 e. The van der Waals surface area contributed by atoms with Gasteiger partial charge in [0.1, 0.15) is 5.82 Å². The Balaban J connectivity index is 2.53. The lowest BCUT2D eigenvalue weighted by Gasteiger charge is -2.07. The van der Waals surface area contributed by atoms with Crippen LogP contribution in [0.25, 0.3) is 0 Å². The Morgan fingerprint density at radius 2 is 2.21 bits per heavy atom. The Bertz CT molecular complexity index is 400. The van der Waals surface area contributed by atoms with Crippen molar-refractivity contribution < 1.29 is 9.50 Å². The van der Waals surface area contributed by atoms with E-state index in [2.05, 4.69) is 5.92 Å². The summed E-state index contributed by atoms with van der Waals surface area (Å²) in [6.07, 6.45) is 7.45. The van der Waals surface area contributed by atoms with E-state index in [4.69, 9.17) is 11.5 Å². The van der Waals surface area contributed by atoms with Gasteiger partial charge in [0, 0.05) is 5.56 Å². The van der Waals surface area contributed by atoms with Crippen molar-refractivity contribution in [1.29, 1.82) is 0 Å². The number of hydrogen-bond donors (Lipinski definition) is 1. The number of benzene rings is 1. The Labute approximate surface area is 82.6 Å². The molecular formula is C12H11FO. The number of terminal acetylenes is 1. The smallest absolute Gasteiger partial charge is 0.144 e. The van der Waals surface area contributed by atoms with Crippen LogP contribution in [0, 0.1) is 18.2 Å². The lowest BCUT2D eigenvalue weighted by Crippen LogP contribution is -1.98. The second-order valence-electron chi connectivity index (χ2n) is 3.58. The topological polar surface area (TPSA) is 20.2 Å². The fourth-order valence-corrected chi connectivity index (χ4v) is 1.64. The summed E-state index contributed by atoms with van der Waals surface area (Å²) >= 11 is 0. The molecule has 0 radical (unpaired) electrons. The Morgan fingerprint density at radius 3 is 2.71 bits per heavy atom. The second kappa shape index (κ2) is 3.43. The highest BCUT2D eigenvalue weighted by molar-refractivity contribution is 5.47. The third-order valence-corrected chi connectivity index (χ3v) is 2.59. The van der Waals surface area contributed by atoms with Crippen molar-refractivity contribution in [2.24, 2.45) is 0 Å². The summed E-state index contributed by atoms with van der Waals surface area (Å²) in [7, 11) is 0. The van der Waals surface area contributed by atoms with Crippen LogP contribution in [0.4, 0.5) is 4.39 Å². The summed E-state index contributed by atoms with van der Waals surface area (Å²) in [5.74, 6) is 2.38. The van der Waals surface area contributed by atoms with Crippen molar-refractivity contribution in [3.63, 3.8) is 0 Å². The summed E-state index contributed by atoms with van der Waals surface area (Å²) in [6, 6.07) is 3.45. The molecule has 0 unspecified atom stereocenters. The van der Waals surface area contributed by atoms with Gasteiger partial charge in [-0.05, 0) is 24.3 Å². The van der Waals surface area contributed by atoms with Crippen LogP contribution >= 0.6 is 0 Å². The van der Waals surface area contributed by atoms with Crippen LogP contribution in [0.1, 0.15) is 35.4 Å². The molecule has 1 aliphatic carbocycles. The van der Waals surface area contributed by atoms with Crippen LogP contribution in [-0.2, 0) is 6.61 Å². The van der Waals surface area contributed by atoms with Crippen LogP contribution in [0.2, 0.25) is 0 Å². The molecule has 0 bridgehead atoms. The Morgan fingerprint density at radius 1 is 1.50 bits per heavy atom.